The number of urea groups is 1. The van der Waals surface area contributed by atoms with E-state index in [0.29, 0.717) is 13.2 Å². The van der Waals surface area contributed by atoms with Crippen molar-refractivity contribution >= 4 is 11.9 Å². The number of para-hydroxylation sites is 1. The molecule has 3 amide bonds. The van der Waals surface area contributed by atoms with Gasteiger partial charge in [0.1, 0.15) is 18.9 Å². The van der Waals surface area contributed by atoms with Gasteiger partial charge in [-0.25, -0.2) is 4.79 Å². The summed E-state index contributed by atoms with van der Waals surface area (Å²) in [6.45, 7) is 1.46. The van der Waals surface area contributed by atoms with Gasteiger partial charge in [-0.3, -0.25) is 10.1 Å². The molecule has 0 bridgehead atoms. The van der Waals surface area contributed by atoms with Crippen LogP contribution < -0.4 is 20.3 Å². The second-order valence-corrected chi connectivity index (χ2v) is 6.05. The molecule has 0 radical (unpaired) electrons. The number of imide groups is 1. The lowest BCUT2D eigenvalue weighted by Crippen LogP contribution is -3.10. The summed E-state index contributed by atoms with van der Waals surface area (Å²) in [4.78, 5) is 24.5. The van der Waals surface area contributed by atoms with Crippen LogP contribution >= 0.6 is 0 Å². The molecule has 1 aliphatic carbocycles. The lowest BCUT2D eigenvalue weighted by Gasteiger charge is -2.15. The quantitative estimate of drug-likeness (QED) is 0.679. The van der Waals surface area contributed by atoms with Gasteiger partial charge in [-0.05, 0) is 25.0 Å². The minimum atomic E-state index is -0.379. The molecular weight excluding hydrogens is 294 g/mol. The maximum Gasteiger partial charge on any atom is 0.321 e. The number of carbonyl (C=O) groups excluding carboxylic acids is 2. The number of benzene rings is 1. The van der Waals surface area contributed by atoms with Crippen molar-refractivity contribution in [2.45, 2.75) is 31.7 Å². The average Bonchev–Trinajstić information content (AvgIpc) is 3.00. The average molecular weight is 320 g/mol. The molecule has 0 saturated heterocycles. The standard InChI is InChI=1S/C17H25N3O3/c1-20(11-12-23-15-9-3-2-4-10-15)13-16(21)19-17(22)18-14-7-5-6-8-14/h2-4,9-10,14H,5-8,11-13H2,1H3,(H2,18,19,21,22)/p+1. The maximum atomic E-state index is 11.8. The summed E-state index contributed by atoms with van der Waals surface area (Å²) in [6.07, 6.45) is 4.30. The smallest absolute Gasteiger partial charge is 0.321 e. The Kier molecular flexibility index (Phi) is 6.87. The third kappa shape index (κ3) is 6.69. The molecule has 1 aliphatic rings. The Morgan fingerprint density at radius 2 is 1.91 bits per heavy atom. The van der Waals surface area contributed by atoms with Crippen molar-refractivity contribution < 1.29 is 19.2 Å². The van der Waals surface area contributed by atoms with Gasteiger partial charge in [-0.1, -0.05) is 31.0 Å². The molecule has 1 saturated carbocycles. The zero-order chi connectivity index (χ0) is 16.5. The Hall–Kier alpha value is -2.08. The van der Waals surface area contributed by atoms with E-state index in [9.17, 15) is 9.59 Å². The molecule has 126 valence electrons. The van der Waals surface area contributed by atoms with E-state index < -0.39 is 0 Å². The monoisotopic (exact) mass is 320 g/mol. The molecule has 6 heteroatoms. The second kappa shape index (κ2) is 9.15. The fourth-order valence-electron chi connectivity index (χ4n) is 2.68. The highest BCUT2D eigenvalue weighted by Crippen LogP contribution is 2.17. The van der Waals surface area contributed by atoms with Crippen LogP contribution in [-0.4, -0.2) is 44.7 Å². The lowest BCUT2D eigenvalue weighted by atomic mass is 10.2. The number of quaternary nitrogens is 1. The molecule has 1 unspecified atom stereocenters. The summed E-state index contributed by atoms with van der Waals surface area (Å²) in [7, 11) is 1.91. The van der Waals surface area contributed by atoms with Crippen LogP contribution in [0.15, 0.2) is 30.3 Å². The molecule has 0 aliphatic heterocycles. The Morgan fingerprint density at radius 3 is 2.61 bits per heavy atom. The molecule has 0 aromatic heterocycles. The van der Waals surface area contributed by atoms with Crippen molar-refractivity contribution in [2.24, 2.45) is 0 Å². The molecule has 0 spiro atoms. The predicted octanol–water partition coefficient (Wildman–Crippen LogP) is 0.349. The number of ether oxygens (including phenoxy) is 1. The van der Waals surface area contributed by atoms with Crippen molar-refractivity contribution in [3.05, 3.63) is 30.3 Å². The zero-order valence-corrected chi connectivity index (χ0v) is 13.6. The summed E-state index contributed by atoms with van der Waals surface area (Å²) in [5.74, 6) is 0.554. The van der Waals surface area contributed by atoms with Crippen LogP contribution in [0.25, 0.3) is 0 Å². The molecule has 1 aromatic rings. The minimum Gasteiger partial charge on any atom is -0.488 e. The van der Waals surface area contributed by atoms with Gasteiger partial charge >= 0.3 is 6.03 Å². The first-order chi connectivity index (χ1) is 11.1. The van der Waals surface area contributed by atoms with Crippen molar-refractivity contribution in [2.75, 3.05) is 26.7 Å². The third-order valence-electron chi connectivity index (χ3n) is 3.95. The molecular formula is C17H26N3O3+. The fourth-order valence-corrected chi connectivity index (χ4v) is 2.68. The number of rotatable bonds is 7. The van der Waals surface area contributed by atoms with E-state index in [1.165, 1.54) is 0 Å². The fraction of sp³-hybridized carbons (Fsp3) is 0.529. The van der Waals surface area contributed by atoms with Gasteiger partial charge in [0.25, 0.3) is 5.91 Å². The van der Waals surface area contributed by atoms with E-state index in [4.69, 9.17) is 4.74 Å². The van der Waals surface area contributed by atoms with Crippen molar-refractivity contribution in [3.63, 3.8) is 0 Å². The molecule has 2 rings (SSSR count). The van der Waals surface area contributed by atoms with Gasteiger partial charge in [0.2, 0.25) is 0 Å². The van der Waals surface area contributed by atoms with Crippen LogP contribution in [0.2, 0.25) is 0 Å². The summed E-state index contributed by atoms with van der Waals surface area (Å²) in [6, 6.07) is 9.41. The summed E-state index contributed by atoms with van der Waals surface area (Å²) >= 11 is 0. The number of hydrogen-bond acceptors (Lipinski definition) is 3. The molecule has 23 heavy (non-hydrogen) atoms. The molecule has 1 aromatic carbocycles. The number of likely N-dealkylation sites (N-methyl/N-ethyl adjacent to an activating group) is 1. The number of nitrogens with one attached hydrogen (secondary N) is 3. The molecule has 1 fully saturated rings. The van der Waals surface area contributed by atoms with E-state index in [-0.39, 0.29) is 24.5 Å². The SMILES string of the molecule is C[NH+](CCOc1ccccc1)CC(=O)NC(=O)NC1CCCC1. The largest absolute Gasteiger partial charge is 0.488 e. The van der Waals surface area contributed by atoms with Crippen molar-refractivity contribution in [1.82, 2.24) is 10.6 Å². The summed E-state index contributed by atoms with van der Waals surface area (Å²) in [5, 5.41) is 5.24. The van der Waals surface area contributed by atoms with E-state index >= 15 is 0 Å². The number of amides is 3. The molecule has 3 N–H and O–H groups in total. The number of carbonyl (C=O) groups is 2. The van der Waals surface area contributed by atoms with Crippen molar-refractivity contribution in [1.29, 1.82) is 0 Å². The Morgan fingerprint density at radius 1 is 1.22 bits per heavy atom. The van der Waals surface area contributed by atoms with Crippen LogP contribution in [0, 0.1) is 0 Å². The topological polar surface area (TPSA) is 71.9 Å². The first-order valence-corrected chi connectivity index (χ1v) is 8.23. The van der Waals surface area contributed by atoms with Gasteiger partial charge in [0.05, 0.1) is 7.05 Å². The Labute approximate surface area is 137 Å². The highest BCUT2D eigenvalue weighted by molar-refractivity contribution is 5.94. The number of hydrogen-bond donors (Lipinski definition) is 3. The first kappa shape index (κ1) is 17.3. The highest BCUT2D eigenvalue weighted by Gasteiger charge is 2.19. The maximum absolute atomic E-state index is 11.8. The molecule has 6 nitrogen and oxygen atoms in total. The Bertz CT molecular complexity index is 501. The first-order valence-electron chi connectivity index (χ1n) is 8.23. The van der Waals surface area contributed by atoms with Gasteiger partial charge in [0, 0.05) is 6.04 Å². The van der Waals surface area contributed by atoms with Gasteiger partial charge in [0.15, 0.2) is 6.54 Å². The Balaban J connectivity index is 1.59. The van der Waals surface area contributed by atoms with Gasteiger partial charge in [-0.2, -0.15) is 0 Å². The predicted molar refractivity (Wildman–Crippen MR) is 87.5 cm³/mol. The normalized spacial score (nSPS) is 15.9. The van der Waals surface area contributed by atoms with Crippen LogP contribution in [0.5, 0.6) is 5.75 Å². The van der Waals surface area contributed by atoms with Gasteiger partial charge in [-0.15, -0.1) is 0 Å². The highest BCUT2D eigenvalue weighted by atomic mass is 16.5. The van der Waals surface area contributed by atoms with Crippen LogP contribution in [0.4, 0.5) is 4.79 Å². The van der Waals surface area contributed by atoms with Gasteiger partial charge < -0.3 is 15.0 Å². The molecule has 1 atom stereocenters. The zero-order valence-electron chi connectivity index (χ0n) is 13.6. The van der Waals surface area contributed by atoms with Crippen LogP contribution in [0.3, 0.4) is 0 Å². The van der Waals surface area contributed by atoms with E-state index in [0.717, 1.165) is 36.3 Å². The van der Waals surface area contributed by atoms with Crippen LogP contribution in [-0.2, 0) is 4.79 Å². The second-order valence-electron chi connectivity index (χ2n) is 6.05. The van der Waals surface area contributed by atoms with E-state index in [1.807, 2.05) is 37.4 Å². The van der Waals surface area contributed by atoms with E-state index in [2.05, 4.69) is 10.6 Å². The molecule has 0 heterocycles. The lowest BCUT2D eigenvalue weighted by molar-refractivity contribution is -0.871. The van der Waals surface area contributed by atoms with E-state index in [1.54, 1.807) is 0 Å². The minimum absolute atomic E-state index is 0.215. The summed E-state index contributed by atoms with van der Waals surface area (Å²) in [5.41, 5.74) is 0. The van der Waals surface area contributed by atoms with Crippen molar-refractivity contribution in [3.8, 4) is 5.75 Å². The third-order valence-corrected chi connectivity index (χ3v) is 3.95. The van der Waals surface area contributed by atoms with Crippen LogP contribution in [0.1, 0.15) is 25.7 Å². The summed E-state index contributed by atoms with van der Waals surface area (Å²) < 4.78 is 5.60.